The van der Waals surface area contributed by atoms with Crippen molar-refractivity contribution < 1.29 is 14.3 Å². The molecule has 1 aromatic carbocycles. The van der Waals surface area contributed by atoms with Crippen LogP contribution in [-0.2, 0) is 16.0 Å². The van der Waals surface area contributed by atoms with Crippen molar-refractivity contribution in [3.05, 3.63) is 30.5 Å². The summed E-state index contributed by atoms with van der Waals surface area (Å²) in [4.78, 5) is 12.1. The van der Waals surface area contributed by atoms with Gasteiger partial charge in [-0.25, -0.2) is 4.79 Å². The largest absolute Gasteiger partial charge is 0.383 e. The van der Waals surface area contributed by atoms with Crippen molar-refractivity contribution in [2.24, 2.45) is 0 Å². The number of fused-ring (bicyclic) bond motifs is 1. The Kier molecular flexibility index (Phi) is 5.15. The Balaban J connectivity index is 1.67. The monoisotopic (exact) mass is 317 g/mol. The van der Waals surface area contributed by atoms with Crippen molar-refractivity contribution in [3.8, 4) is 0 Å². The molecule has 2 N–H and O–H groups in total. The highest BCUT2D eigenvalue weighted by atomic mass is 16.5. The number of para-hydroxylation sites is 1. The van der Waals surface area contributed by atoms with E-state index in [2.05, 4.69) is 15.2 Å². The highest BCUT2D eigenvalue weighted by Crippen LogP contribution is 2.25. The van der Waals surface area contributed by atoms with Crippen LogP contribution >= 0.6 is 0 Å². The molecule has 0 saturated carbocycles. The Bertz CT molecular complexity index is 662. The predicted octanol–water partition coefficient (Wildman–Crippen LogP) is 2.59. The molecule has 2 heterocycles. The van der Waals surface area contributed by atoms with Gasteiger partial charge in [0.2, 0.25) is 0 Å². The Morgan fingerprint density at radius 1 is 1.43 bits per heavy atom. The van der Waals surface area contributed by atoms with E-state index in [1.807, 2.05) is 30.5 Å². The lowest BCUT2D eigenvalue weighted by Gasteiger charge is -2.11. The van der Waals surface area contributed by atoms with Gasteiger partial charge in [0.1, 0.15) is 0 Å². The van der Waals surface area contributed by atoms with E-state index in [0.717, 1.165) is 42.6 Å². The maximum absolute atomic E-state index is 12.1. The molecule has 1 aliphatic heterocycles. The maximum atomic E-state index is 12.1. The molecule has 2 amide bonds. The SMILES string of the molecule is COCCn1cc(NC(=O)NCC2CCCO2)c2ccccc21. The summed E-state index contributed by atoms with van der Waals surface area (Å²) in [6, 6.07) is 7.82. The Morgan fingerprint density at radius 2 is 2.30 bits per heavy atom. The number of hydrogen-bond donors (Lipinski definition) is 2. The molecule has 3 rings (SSSR count). The molecule has 0 aliphatic carbocycles. The number of aromatic nitrogens is 1. The van der Waals surface area contributed by atoms with E-state index in [-0.39, 0.29) is 12.1 Å². The number of rotatable bonds is 6. The topological polar surface area (TPSA) is 64.5 Å². The number of nitrogens with one attached hydrogen (secondary N) is 2. The molecule has 0 radical (unpaired) electrons. The fraction of sp³-hybridized carbons (Fsp3) is 0.471. The smallest absolute Gasteiger partial charge is 0.319 e. The van der Waals surface area contributed by atoms with Crippen LogP contribution in [-0.4, -0.2) is 43.6 Å². The second-order valence-corrected chi connectivity index (χ2v) is 5.72. The third kappa shape index (κ3) is 3.83. The van der Waals surface area contributed by atoms with Crippen LogP contribution in [0.2, 0.25) is 0 Å². The van der Waals surface area contributed by atoms with Gasteiger partial charge < -0.3 is 24.7 Å². The fourth-order valence-electron chi connectivity index (χ4n) is 2.90. The number of carbonyl (C=O) groups excluding carboxylic acids is 1. The van der Waals surface area contributed by atoms with Gasteiger partial charge in [-0.1, -0.05) is 18.2 Å². The van der Waals surface area contributed by atoms with Crippen LogP contribution in [0.15, 0.2) is 30.5 Å². The zero-order valence-corrected chi connectivity index (χ0v) is 13.4. The number of hydrogen-bond acceptors (Lipinski definition) is 3. The first-order valence-electron chi connectivity index (χ1n) is 8.01. The van der Waals surface area contributed by atoms with Gasteiger partial charge in [0.05, 0.1) is 23.9 Å². The van der Waals surface area contributed by atoms with E-state index in [1.54, 1.807) is 7.11 Å². The maximum Gasteiger partial charge on any atom is 0.319 e. The first kappa shape index (κ1) is 15.8. The molecule has 23 heavy (non-hydrogen) atoms. The van der Waals surface area contributed by atoms with Crippen molar-refractivity contribution >= 4 is 22.6 Å². The Labute approximate surface area is 135 Å². The summed E-state index contributed by atoms with van der Waals surface area (Å²) >= 11 is 0. The van der Waals surface area contributed by atoms with Gasteiger partial charge in [-0.15, -0.1) is 0 Å². The molecule has 2 aromatic rings. The van der Waals surface area contributed by atoms with E-state index >= 15 is 0 Å². The first-order valence-corrected chi connectivity index (χ1v) is 8.01. The minimum Gasteiger partial charge on any atom is -0.383 e. The molecule has 1 aliphatic rings. The van der Waals surface area contributed by atoms with Crippen molar-refractivity contribution in [2.75, 3.05) is 32.2 Å². The lowest BCUT2D eigenvalue weighted by molar-refractivity contribution is 0.112. The quantitative estimate of drug-likeness (QED) is 0.861. The molecule has 1 atom stereocenters. The van der Waals surface area contributed by atoms with Crippen LogP contribution in [0, 0.1) is 0 Å². The number of ether oxygens (including phenoxy) is 2. The van der Waals surface area contributed by atoms with E-state index in [4.69, 9.17) is 9.47 Å². The van der Waals surface area contributed by atoms with Gasteiger partial charge >= 0.3 is 6.03 Å². The molecular formula is C17H23N3O3. The number of methoxy groups -OCH3 is 1. The molecule has 1 saturated heterocycles. The molecule has 1 unspecified atom stereocenters. The van der Waals surface area contributed by atoms with E-state index in [9.17, 15) is 4.79 Å². The molecule has 6 nitrogen and oxygen atoms in total. The van der Waals surface area contributed by atoms with Gasteiger partial charge in [-0.3, -0.25) is 0 Å². The van der Waals surface area contributed by atoms with Crippen LogP contribution in [0.3, 0.4) is 0 Å². The minimum absolute atomic E-state index is 0.142. The molecule has 1 fully saturated rings. The number of nitrogens with zero attached hydrogens (tertiary/aromatic N) is 1. The van der Waals surface area contributed by atoms with Gasteiger partial charge in [-0.2, -0.15) is 0 Å². The molecule has 6 heteroatoms. The van der Waals surface area contributed by atoms with E-state index < -0.39 is 0 Å². The summed E-state index contributed by atoms with van der Waals surface area (Å²) in [5, 5.41) is 6.84. The number of anilines is 1. The second kappa shape index (κ2) is 7.48. The number of carbonyl (C=O) groups is 1. The summed E-state index contributed by atoms with van der Waals surface area (Å²) in [6.07, 6.45) is 4.18. The zero-order chi connectivity index (χ0) is 16.1. The van der Waals surface area contributed by atoms with Crippen LogP contribution in [0.25, 0.3) is 10.9 Å². The Hall–Kier alpha value is -2.05. The summed E-state index contributed by atoms with van der Waals surface area (Å²) in [5.74, 6) is 0. The van der Waals surface area contributed by atoms with Crippen LogP contribution in [0.5, 0.6) is 0 Å². The normalized spacial score (nSPS) is 17.5. The van der Waals surface area contributed by atoms with E-state index in [0.29, 0.717) is 13.2 Å². The van der Waals surface area contributed by atoms with Crippen LogP contribution in [0.1, 0.15) is 12.8 Å². The molecular weight excluding hydrogens is 294 g/mol. The van der Waals surface area contributed by atoms with Crippen molar-refractivity contribution in [1.82, 2.24) is 9.88 Å². The summed E-state index contributed by atoms with van der Waals surface area (Å²) in [5.41, 5.74) is 1.89. The second-order valence-electron chi connectivity index (χ2n) is 5.72. The summed E-state index contributed by atoms with van der Waals surface area (Å²) in [6.45, 7) is 2.72. The average molecular weight is 317 g/mol. The lowest BCUT2D eigenvalue weighted by Crippen LogP contribution is -2.34. The van der Waals surface area contributed by atoms with Crippen LogP contribution in [0.4, 0.5) is 10.5 Å². The van der Waals surface area contributed by atoms with Gasteiger partial charge in [-0.05, 0) is 18.9 Å². The van der Waals surface area contributed by atoms with Gasteiger partial charge in [0.25, 0.3) is 0 Å². The average Bonchev–Trinajstić information content (AvgIpc) is 3.20. The lowest BCUT2D eigenvalue weighted by atomic mass is 10.2. The molecule has 0 spiro atoms. The van der Waals surface area contributed by atoms with E-state index in [1.165, 1.54) is 0 Å². The predicted molar refractivity (Wildman–Crippen MR) is 89.8 cm³/mol. The summed E-state index contributed by atoms with van der Waals surface area (Å²) in [7, 11) is 1.68. The standard InChI is InChI=1S/C17H23N3O3/c1-22-10-8-20-12-15(14-6-2-3-7-16(14)20)19-17(21)18-11-13-5-4-9-23-13/h2-3,6-7,12-13H,4-5,8-11H2,1H3,(H2,18,19,21). The first-order chi connectivity index (χ1) is 11.3. The third-order valence-corrected chi connectivity index (χ3v) is 4.09. The molecule has 0 bridgehead atoms. The van der Waals surface area contributed by atoms with Crippen molar-refractivity contribution in [2.45, 2.75) is 25.5 Å². The van der Waals surface area contributed by atoms with Crippen molar-refractivity contribution in [1.29, 1.82) is 0 Å². The number of benzene rings is 1. The summed E-state index contributed by atoms with van der Waals surface area (Å²) < 4.78 is 12.7. The minimum atomic E-state index is -0.199. The molecule has 1 aromatic heterocycles. The Morgan fingerprint density at radius 3 is 3.09 bits per heavy atom. The van der Waals surface area contributed by atoms with Crippen LogP contribution < -0.4 is 10.6 Å². The molecule has 124 valence electrons. The fourth-order valence-corrected chi connectivity index (χ4v) is 2.90. The van der Waals surface area contributed by atoms with Crippen molar-refractivity contribution in [3.63, 3.8) is 0 Å². The van der Waals surface area contributed by atoms with Gasteiger partial charge in [0.15, 0.2) is 0 Å². The zero-order valence-electron chi connectivity index (χ0n) is 13.4. The third-order valence-electron chi connectivity index (χ3n) is 4.09. The number of urea groups is 1. The highest BCUT2D eigenvalue weighted by Gasteiger charge is 2.17. The highest BCUT2D eigenvalue weighted by molar-refractivity contribution is 6.01. The number of amides is 2. The van der Waals surface area contributed by atoms with Gasteiger partial charge in [0, 0.05) is 38.4 Å².